The van der Waals surface area contributed by atoms with Gasteiger partial charge in [-0.3, -0.25) is 4.79 Å². The quantitative estimate of drug-likeness (QED) is 0.594. The van der Waals surface area contributed by atoms with Crippen molar-refractivity contribution in [2.45, 2.75) is 19.8 Å². The fraction of sp³-hybridized carbons (Fsp3) is 0.190. The van der Waals surface area contributed by atoms with Gasteiger partial charge >= 0.3 is 0 Å². The van der Waals surface area contributed by atoms with Crippen LogP contribution in [0.3, 0.4) is 0 Å². The van der Waals surface area contributed by atoms with Gasteiger partial charge in [-0.05, 0) is 41.8 Å². The van der Waals surface area contributed by atoms with Crippen molar-refractivity contribution in [1.82, 2.24) is 9.97 Å². The lowest BCUT2D eigenvalue weighted by atomic mass is 10.0. The van der Waals surface area contributed by atoms with Crippen LogP contribution in [0.4, 0.5) is 17.2 Å². The Morgan fingerprint density at radius 1 is 1.04 bits per heavy atom. The summed E-state index contributed by atoms with van der Waals surface area (Å²) in [7, 11) is 1.53. The van der Waals surface area contributed by atoms with Crippen molar-refractivity contribution in [3.8, 4) is 5.75 Å². The minimum absolute atomic E-state index is 0.202. The first-order chi connectivity index (χ1) is 13.5. The van der Waals surface area contributed by atoms with Gasteiger partial charge in [0.1, 0.15) is 17.3 Å². The molecule has 3 aromatic rings. The number of rotatable bonds is 6. The van der Waals surface area contributed by atoms with Crippen LogP contribution in [-0.2, 0) is 0 Å². The summed E-state index contributed by atoms with van der Waals surface area (Å²) in [6.07, 6.45) is 2.94. The predicted molar refractivity (Wildman–Crippen MR) is 112 cm³/mol. The van der Waals surface area contributed by atoms with E-state index in [0.29, 0.717) is 28.2 Å². The van der Waals surface area contributed by atoms with Gasteiger partial charge in [-0.1, -0.05) is 37.6 Å². The van der Waals surface area contributed by atoms with Gasteiger partial charge in [0, 0.05) is 11.4 Å². The van der Waals surface area contributed by atoms with E-state index in [-0.39, 0.29) is 11.6 Å². The zero-order valence-corrected chi connectivity index (χ0v) is 16.6. The maximum atomic E-state index is 12.3. The van der Waals surface area contributed by atoms with E-state index in [9.17, 15) is 4.79 Å². The van der Waals surface area contributed by atoms with Crippen LogP contribution in [0, 0.1) is 0 Å². The summed E-state index contributed by atoms with van der Waals surface area (Å²) >= 11 is 6.07. The van der Waals surface area contributed by atoms with Gasteiger partial charge < -0.3 is 15.4 Å². The number of methoxy groups -OCH3 is 1. The Balaban J connectivity index is 1.64. The molecular weight excluding hydrogens is 376 g/mol. The highest BCUT2D eigenvalue weighted by molar-refractivity contribution is 6.32. The Kier molecular flexibility index (Phi) is 6.11. The van der Waals surface area contributed by atoms with Crippen molar-refractivity contribution < 1.29 is 9.53 Å². The molecule has 0 unspecified atom stereocenters. The predicted octanol–water partition coefficient (Wildman–Crippen LogP) is 5.26. The topological polar surface area (TPSA) is 76.1 Å². The minimum atomic E-state index is -0.374. The molecule has 0 spiro atoms. The van der Waals surface area contributed by atoms with Gasteiger partial charge in [0.2, 0.25) is 0 Å². The number of hydrogen-bond donors (Lipinski definition) is 2. The van der Waals surface area contributed by atoms with Gasteiger partial charge in [0.15, 0.2) is 0 Å². The molecule has 7 heteroatoms. The number of nitrogens with one attached hydrogen (secondary N) is 2. The molecule has 0 radical (unpaired) electrons. The molecule has 0 aliphatic carbocycles. The Hall–Kier alpha value is -3.12. The van der Waals surface area contributed by atoms with Crippen molar-refractivity contribution >= 4 is 34.7 Å². The van der Waals surface area contributed by atoms with Crippen LogP contribution in [0.25, 0.3) is 0 Å². The summed E-state index contributed by atoms with van der Waals surface area (Å²) in [4.78, 5) is 20.8. The molecule has 0 saturated carbocycles. The Morgan fingerprint density at radius 3 is 2.32 bits per heavy atom. The maximum Gasteiger partial charge on any atom is 0.275 e. The normalized spacial score (nSPS) is 10.6. The van der Waals surface area contributed by atoms with Crippen molar-refractivity contribution in [2.75, 3.05) is 17.7 Å². The zero-order valence-electron chi connectivity index (χ0n) is 15.9. The average Bonchev–Trinajstić information content (AvgIpc) is 2.69. The molecule has 2 aromatic carbocycles. The van der Waals surface area contributed by atoms with E-state index in [2.05, 4.69) is 46.6 Å². The van der Waals surface area contributed by atoms with Crippen LogP contribution in [-0.4, -0.2) is 23.0 Å². The molecule has 0 aliphatic rings. The number of nitrogens with zero attached hydrogens (tertiary/aromatic N) is 2. The summed E-state index contributed by atoms with van der Waals surface area (Å²) in [5, 5.41) is 6.32. The number of ether oxygens (including phenoxy) is 1. The van der Waals surface area contributed by atoms with Crippen LogP contribution in [0.15, 0.2) is 54.9 Å². The van der Waals surface area contributed by atoms with Gasteiger partial charge in [-0.25, -0.2) is 9.97 Å². The first-order valence-corrected chi connectivity index (χ1v) is 9.18. The largest absolute Gasteiger partial charge is 0.495 e. The molecular formula is C21H21ClN4O2. The van der Waals surface area contributed by atoms with E-state index in [1.165, 1.54) is 25.1 Å². The van der Waals surface area contributed by atoms with E-state index in [1.54, 1.807) is 18.2 Å². The van der Waals surface area contributed by atoms with E-state index in [0.717, 1.165) is 5.69 Å². The van der Waals surface area contributed by atoms with Crippen LogP contribution < -0.4 is 15.4 Å². The highest BCUT2D eigenvalue weighted by atomic mass is 35.5. The lowest BCUT2D eigenvalue weighted by molar-refractivity contribution is 0.102. The molecule has 1 aromatic heterocycles. The van der Waals surface area contributed by atoms with Gasteiger partial charge in [0.05, 0.1) is 24.5 Å². The number of benzene rings is 2. The van der Waals surface area contributed by atoms with Gasteiger partial charge in [0.25, 0.3) is 5.91 Å². The van der Waals surface area contributed by atoms with Crippen molar-refractivity contribution in [2.24, 2.45) is 0 Å². The third-order valence-corrected chi connectivity index (χ3v) is 4.44. The third kappa shape index (κ3) is 4.78. The van der Waals surface area contributed by atoms with Crippen LogP contribution in [0.1, 0.15) is 35.8 Å². The number of halogens is 1. The summed E-state index contributed by atoms with van der Waals surface area (Å²) in [6.45, 7) is 4.30. The second-order valence-electron chi connectivity index (χ2n) is 6.49. The summed E-state index contributed by atoms with van der Waals surface area (Å²) in [5.74, 6) is 1.20. The summed E-state index contributed by atoms with van der Waals surface area (Å²) in [6, 6.07) is 13.1. The molecule has 3 rings (SSSR count). The molecule has 0 aliphatic heterocycles. The number of anilines is 3. The van der Waals surface area contributed by atoms with Crippen LogP contribution >= 0.6 is 11.6 Å². The lowest BCUT2D eigenvalue weighted by Gasteiger charge is -2.09. The molecule has 1 amide bonds. The Bertz CT molecular complexity index is 957. The first-order valence-electron chi connectivity index (χ1n) is 8.80. The molecule has 28 heavy (non-hydrogen) atoms. The van der Waals surface area contributed by atoms with Crippen molar-refractivity contribution in [3.05, 3.63) is 71.1 Å². The smallest absolute Gasteiger partial charge is 0.275 e. The number of carbonyl (C=O) groups excluding carboxylic acids is 1. The fourth-order valence-electron chi connectivity index (χ4n) is 2.55. The van der Waals surface area contributed by atoms with Crippen molar-refractivity contribution in [1.29, 1.82) is 0 Å². The third-order valence-electron chi connectivity index (χ3n) is 4.14. The molecule has 0 atom stereocenters. The molecule has 6 nitrogen and oxygen atoms in total. The number of hydrogen-bond acceptors (Lipinski definition) is 5. The lowest BCUT2D eigenvalue weighted by Crippen LogP contribution is -2.14. The highest BCUT2D eigenvalue weighted by Gasteiger charge is 2.10. The van der Waals surface area contributed by atoms with E-state index < -0.39 is 0 Å². The molecule has 0 fully saturated rings. The minimum Gasteiger partial charge on any atom is -0.495 e. The van der Waals surface area contributed by atoms with E-state index in [1.807, 2.05) is 12.1 Å². The molecule has 2 N–H and O–H groups in total. The van der Waals surface area contributed by atoms with Crippen molar-refractivity contribution in [3.63, 3.8) is 0 Å². The highest BCUT2D eigenvalue weighted by Crippen LogP contribution is 2.27. The maximum absolute atomic E-state index is 12.3. The second kappa shape index (κ2) is 8.71. The molecule has 0 bridgehead atoms. The van der Waals surface area contributed by atoms with Crippen LogP contribution in [0.5, 0.6) is 5.75 Å². The Labute approximate surface area is 168 Å². The Morgan fingerprint density at radius 2 is 1.75 bits per heavy atom. The van der Waals surface area contributed by atoms with E-state index >= 15 is 0 Å². The number of aromatic nitrogens is 2. The number of carbonyl (C=O) groups is 1. The summed E-state index contributed by atoms with van der Waals surface area (Å²) in [5.41, 5.74) is 2.92. The van der Waals surface area contributed by atoms with E-state index in [4.69, 9.17) is 16.3 Å². The molecule has 144 valence electrons. The van der Waals surface area contributed by atoms with Gasteiger partial charge in [-0.2, -0.15) is 0 Å². The zero-order chi connectivity index (χ0) is 20.1. The number of amides is 1. The van der Waals surface area contributed by atoms with Crippen LogP contribution in [0.2, 0.25) is 5.02 Å². The fourth-order valence-corrected chi connectivity index (χ4v) is 2.81. The standard InChI is InChI=1S/C21H21ClN4O2/c1-13(2)14-4-6-15(7-5-14)25-20-12-23-18(11-24-20)21(27)26-16-8-9-19(28-3)17(22)10-16/h4-13H,1-3H3,(H,24,25)(H,26,27). The SMILES string of the molecule is COc1ccc(NC(=O)c2cnc(Nc3ccc(C(C)C)cc3)cn2)cc1Cl. The summed E-state index contributed by atoms with van der Waals surface area (Å²) < 4.78 is 5.10. The molecule has 1 heterocycles. The first kappa shape index (κ1) is 19.6. The second-order valence-corrected chi connectivity index (χ2v) is 6.90. The van der Waals surface area contributed by atoms with Gasteiger partial charge in [-0.15, -0.1) is 0 Å². The molecule has 0 saturated heterocycles. The average molecular weight is 397 g/mol. The monoisotopic (exact) mass is 396 g/mol.